The number of aromatic amines is 1. The number of anilines is 2. The number of hydrogen-bond acceptors (Lipinski definition) is 3. The van der Waals surface area contributed by atoms with Crippen LogP contribution in [0.2, 0.25) is 0 Å². The minimum atomic E-state index is -0.308. The molecule has 0 bridgehead atoms. The van der Waals surface area contributed by atoms with Crippen molar-refractivity contribution < 1.29 is 4.39 Å². The summed E-state index contributed by atoms with van der Waals surface area (Å²) in [6, 6.07) is 12.3. The van der Waals surface area contributed by atoms with Crippen LogP contribution in [0.3, 0.4) is 0 Å². The van der Waals surface area contributed by atoms with Crippen LogP contribution in [-0.4, -0.2) is 34.6 Å². The summed E-state index contributed by atoms with van der Waals surface area (Å²) in [7, 11) is 2.07. The summed E-state index contributed by atoms with van der Waals surface area (Å²) >= 11 is 0. The average molecular weight is 326 g/mol. The predicted molar refractivity (Wildman–Crippen MR) is 93.4 cm³/mol. The lowest BCUT2D eigenvalue weighted by Gasteiger charge is -2.13. The number of benzene rings is 2. The minimum absolute atomic E-state index is 0.0895. The highest BCUT2D eigenvalue weighted by atomic mass is 19.1. The van der Waals surface area contributed by atoms with E-state index in [9.17, 15) is 9.18 Å². The second kappa shape index (κ2) is 5.79. The first-order valence-corrected chi connectivity index (χ1v) is 8.06. The fourth-order valence-corrected chi connectivity index (χ4v) is 3.41. The van der Waals surface area contributed by atoms with E-state index < -0.39 is 0 Å². The van der Waals surface area contributed by atoms with Crippen molar-refractivity contribution >= 4 is 22.4 Å². The summed E-state index contributed by atoms with van der Waals surface area (Å²) in [5, 5.41) is 3.06. The molecule has 1 aliphatic rings. The molecule has 0 amide bonds. The fourth-order valence-electron chi connectivity index (χ4n) is 3.41. The summed E-state index contributed by atoms with van der Waals surface area (Å²) in [5.74, 6) is -0.308. The molecule has 6 heteroatoms. The number of imidazole rings is 1. The van der Waals surface area contributed by atoms with Crippen LogP contribution in [0.1, 0.15) is 12.5 Å². The summed E-state index contributed by atoms with van der Waals surface area (Å²) in [6.07, 6.45) is 0.971. The monoisotopic (exact) mass is 326 g/mol. The molecule has 1 aromatic heterocycles. The molecule has 0 spiro atoms. The van der Waals surface area contributed by atoms with Crippen LogP contribution < -0.4 is 11.0 Å². The molecule has 1 aliphatic heterocycles. The lowest BCUT2D eigenvalue weighted by atomic mass is 10.2. The largest absolute Gasteiger partial charge is 0.353 e. The molecule has 0 aliphatic carbocycles. The molecule has 1 saturated heterocycles. The molecule has 2 aromatic carbocycles. The van der Waals surface area contributed by atoms with E-state index in [2.05, 4.69) is 22.2 Å². The van der Waals surface area contributed by atoms with Gasteiger partial charge in [-0.15, -0.1) is 0 Å². The summed E-state index contributed by atoms with van der Waals surface area (Å²) in [6.45, 7) is 1.87. The molecular formula is C18H19FN4O. The molecule has 1 atom stereocenters. The maximum Gasteiger partial charge on any atom is 0.326 e. The van der Waals surface area contributed by atoms with E-state index >= 15 is 0 Å². The Balaban J connectivity index is 1.70. The van der Waals surface area contributed by atoms with Crippen molar-refractivity contribution in [3.63, 3.8) is 0 Å². The second-order valence-corrected chi connectivity index (χ2v) is 6.34. The lowest BCUT2D eigenvalue weighted by Crippen LogP contribution is -2.24. The molecule has 2 heterocycles. The quantitative estimate of drug-likeness (QED) is 0.778. The molecule has 2 N–H and O–H groups in total. The number of likely N-dealkylation sites (N-methyl/N-ethyl adjacent to an activating group) is 1. The highest BCUT2D eigenvalue weighted by Gasteiger charge is 2.24. The Labute approximate surface area is 138 Å². The Kier molecular flexibility index (Phi) is 3.61. The van der Waals surface area contributed by atoms with Crippen LogP contribution >= 0.6 is 0 Å². The first kappa shape index (κ1) is 15.0. The Hall–Kier alpha value is -2.60. The zero-order valence-electron chi connectivity index (χ0n) is 13.4. The Bertz CT molecular complexity index is 946. The number of fused-ring (bicyclic) bond motifs is 1. The Morgan fingerprint density at radius 1 is 1.25 bits per heavy atom. The van der Waals surface area contributed by atoms with Gasteiger partial charge in [0, 0.05) is 12.2 Å². The Morgan fingerprint density at radius 2 is 2.08 bits per heavy atom. The fraction of sp³-hybridized carbons (Fsp3) is 0.278. The van der Waals surface area contributed by atoms with Crippen molar-refractivity contribution in [2.45, 2.75) is 12.5 Å². The predicted octanol–water partition coefficient (Wildman–Crippen LogP) is 3.09. The van der Waals surface area contributed by atoms with Crippen molar-refractivity contribution in [1.82, 2.24) is 14.5 Å². The maximum absolute atomic E-state index is 13.8. The van der Waals surface area contributed by atoms with Gasteiger partial charge >= 0.3 is 5.69 Å². The molecule has 3 aromatic rings. The highest BCUT2D eigenvalue weighted by Crippen LogP contribution is 2.26. The third kappa shape index (κ3) is 2.59. The van der Waals surface area contributed by atoms with Gasteiger partial charge in [0.15, 0.2) is 0 Å². The van der Waals surface area contributed by atoms with Gasteiger partial charge in [-0.3, -0.25) is 4.57 Å². The normalized spacial score (nSPS) is 18.3. The van der Waals surface area contributed by atoms with E-state index in [4.69, 9.17) is 0 Å². The molecule has 0 saturated carbocycles. The molecule has 1 unspecified atom stereocenters. The van der Waals surface area contributed by atoms with Gasteiger partial charge < -0.3 is 15.2 Å². The van der Waals surface area contributed by atoms with Gasteiger partial charge in [-0.25, -0.2) is 9.18 Å². The number of H-pyrrole nitrogens is 1. The average Bonchev–Trinajstić information content (AvgIpc) is 3.11. The van der Waals surface area contributed by atoms with Gasteiger partial charge in [0.25, 0.3) is 0 Å². The number of rotatable bonds is 3. The third-order valence-electron chi connectivity index (χ3n) is 4.60. The zero-order valence-corrected chi connectivity index (χ0v) is 13.4. The lowest BCUT2D eigenvalue weighted by molar-refractivity contribution is 0.392. The molecule has 1 fully saturated rings. The van der Waals surface area contributed by atoms with Crippen LogP contribution in [0.5, 0.6) is 0 Å². The molecule has 4 rings (SSSR count). The van der Waals surface area contributed by atoms with Gasteiger partial charge in [0.05, 0.1) is 22.8 Å². The molecule has 124 valence electrons. The first-order chi connectivity index (χ1) is 11.6. The van der Waals surface area contributed by atoms with Gasteiger partial charge in [0.1, 0.15) is 5.82 Å². The number of likely N-dealkylation sites (tertiary alicyclic amines) is 1. The SMILES string of the molecule is CN1CCC(n2c(=O)[nH]c3cc(Nc4ccccc4F)ccc32)C1. The van der Waals surface area contributed by atoms with Crippen molar-refractivity contribution in [2.24, 2.45) is 0 Å². The van der Waals surface area contributed by atoms with E-state index in [0.717, 1.165) is 36.2 Å². The molecule has 5 nitrogen and oxygen atoms in total. The van der Waals surface area contributed by atoms with Crippen LogP contribution in [0, 0.1) is 5.82 Å². The molecular weight excluding hydrogens is 307 g/mol. The number of para-hydroxylation sites is 1. The third-order valence-corrected chi connectivity index (χ3v) is 4.60. The van der Waals surface area contributed by atoms with E-state index in [-0.39, 0.29) is 17.5 Å². The summed E-state index contributed by atoms with van der Waals surface area (Å²) < 4.78 is 15.6. The van der Waals surface area contributed by atoms with E-state index in [1.807, 2.05) is 22.8 Å². The zero-order chi connectivity index (χ0) is 16.7. The number of halogens is 1. The highest BCUT2D eigenvalue weighted by molar-refractivity contribution is 5.81. The standard InChI is InChI=1S/C18H19FN4O/c1-22-9-8-13(11-22)23-17-7-6-12(10-16(17)21-18(23)24)20-15-5-3-2-4-14(15)19/h2-7,10,13,20H,8-9,11H2,1H3,(H,21,24). The van der Waals surface area contributed by atoms with Crippen molar-refractivity contribution in [3.05, 3.63) is 58.8 Å². The van der Waals surface area contributed by atoms with Crippen molar-refractivity contribution in [2.75, 3.05) is 25.5 Å². The van der Waals surface area contributed by atoms with Crippen LogP contribution in [0.15, 0.2) is 47.3 Å². The van der Waals surface area contributed by atoms with Gasteiger partial charge in [-0.2, -0.15) is 0 Å². The Morgan fingerprint density at radius 3 is 2.83 bits per heavy atom. The smallest absolute Gasteiger partial charge is 0.326 e. The molecule has 24 heavy (non-hydrogen) atoms. The number of hydrogen-bond donors (Lipinski definition) is 2. The van der Waals surface area contributed by atoms with Crippen molar-refractivity contribution in [3.8, 4) is 0 Å². The van der Waals surface area contributed by atoms with Crippen molar-refractivity contribution in [1.29, 1.82) is 0 Å². The topological polar surface area (TPSA) is 53.1 Å². The van der Waals surface area contributed by atoms with Gasteiger partial charge in [-0.1, -0.05) is 12.1 Å². The van der Waals surface area contributed by atoms with E-state index in [0.29, 0.717) is 5.69 Å². The van der Waals surface area contributed by atoms with Crippen LogP contribution in [-0.2, 0) is 0 Å². The minimum Gasteiger partial charge on any atom is -0.353 e. The van der Waals surface area contributed by atoms with Gasteiger partial charge in [0.2, 0.25) is 0 Å². The number of aromatic nitrogens is 2. The van der Waals surface area contributed by atoms with E-state index in [1.165, 1.54) is 6.07 Å². The first-order valence-electron chi connectivity index (χ1n) is 8.06. The second-order valence-electron chi connectivity index (χ2n) is 6.34. The molecule has 0 radical (unpaired) electrons. The summed E-state index contributed by atoms with van der Waals surface area (Å²) in [5.41, 5.74) is 2.71. The van der Waals surface area contributed by atoms with Crippen LogP contribution in [0.25, 0.3) is 11.0 Å². The maximum atomic E-state index is 13.8. The van der Waals surface area contributed by atoms with Crippen LogP contribution in [0.4, 0.5) is 15.8 Å². The number of nitrogens with one attached hydrogen (secondary N) is 2. The number of nitrogens with zero attached hydrogens (tertiary/aromatic N) is 2. The van der Waals surface area contributed by atoms with E-state index in [1.54, 1.807) is 18.2 Å². The summed E-state index contributed by atoms with van der Waals surface area (Å²) in [4.78, 5) is 17.5. The van der Waals surface area contributed by atoms with Gasteiger partial charge in [-0.05, 0) is 50.3 Å².